The lowest BCUT2D eigenvalue weighted by molar-refractivity contribution is -0.156. The molecule has 2 heterocycles. The summed E-state index contributed by atoms with van der Waals surface area (Å²) in [5.74, 6) is 1.52. The van der Waals surface area contributed by atoms with E-state index in [1.165, 1.54) is 18.4 Å². The van der Waals surface area contributed by atoms with Crippen LogP contribution in [0.3, 0.4) is 0 Å². The van der Waals surface area contributed by atoms with Crippen LogP contribution in [-0.4, -0.2) is 66.5 Å². The van der Waals surface area contributed by atoms with Crippen LogP contribution < -0.4 is 0 Å². The van der Waals surface area contributed by atoms with E-state index >= 15 is 0 Å². The number of hydrogen-bond donors (Lipinski definition) is 1. The Morgan fingerprint density at radius 3 is 2.57 bits per heavy atom. The van der Waals surface area contributed by atoms with E-state index in [0.717, 1.165) is 52.0 Å². The lowest BCUT2D eigenvalue weighted by Gasteiger charge is -2.36. The fourth-order valence-corrected chi connectivity index (χ4v) is 4.33. The van der Waals surface area contributed by atoms with Crippen LogP contribution >= 0.6 is 0 Å². The number of benzene rings is 1. The van der Waals surface area contributed by atoms with Crippen molar-refractivity contribution in [3.05, 3.63) is 47.7 Å². The number of rotatable bonds is 9. The fourth-order valence-electron chi connectivity index (χ4n) is 4.33. The lowest BCUT2D eigenvalue weighted by Crippen LogP contribution is -2.49. The predicted molar refractivity (Wildman–Crippen MR) is 114 cm³/mol. The smallest absolute Gasteiger partial charge is 0.288 e. The second-order valence-corrected chi connectivity index (χ2v) is 8.67. The average molecular weight is 415 g/mol. The minimum Gasteiger partial charge on any atom is -0.459 e. The van der Waals surface area contributed by atoms with E-state index in [1.54, 1.807) is 0 Å². The second kappa shape index (κ2) is 10.4. The molecule has 1 saturated heterocycles. The summed E-state index contributed by atoms with van der Waals surface area (Å²) in [6.45, 7) is 4.87. The molecule has 2 fully saturated rings. The van der Waals surface area contributed by atoms with Gasteiger partial charge in [0, 0.05) is 45.8 Å². The Morgan fingerprint density at radius 1 is 1.10 bits per heavy atom. The molecule has 1 aromatic rings. The number of ether oxygens (including phenoxy) is 2. The van der Waals surface area contributed by atoms with E-state index in [4.69, 9.17) is 14.6 Å². The first-order valence-corrected chi connectivity index (χ1v) is 11.4. The quantitative estimate of drug-likeness (QED) is 0.630. The van der Waals surface area contributed by atoms with E-state index in [1.807, 2.05) is 11.0 Å². The number of piperazine rings is 1. The third-order valence-electron chi connectivity index (χ3n) is 6.29. The Morgan fingerprint density at radius 2 is 1.87 bits per heavy atom. The molecule has 1 aromatic carbocycles. The number of nitrogens with zero attached hydrogens (tertiary/aromatic N) is 2. The Labute approximate surface area is 179 Å². The number of aliphatic hydroxyl groups is 1. The summed E-state index contributed by atoms with van der Waals surface area (Å²) in [7, 11) is 0. The molecule has 164 valence electrons. The van der Waals surface area contributed by atoms with Crippen molar-refractivity contribution < 1.29 is 19.4 Å². The van der Waals surface area contributed by atoms with E-state index in [9.17, 15) is 4.79 Å². The minimum absolute atomic E-state index is 0.00340. The Hall–Kier alpha value is -1.89. The van der Waals surface area contributed by atoms with Crippen LogP contribution in [0.5, 0.6) is 0 Å². The van der Waals surface area contributed by atoms with E-state index < -0.39 is 0 Å². The first-order valence-electron chi connectivity index (χ1n) is 11.4. The van der Waals surface area contributed by atoms with Crippen molar-refractivity contribution in [3.63, 3.8) is 0 Å². The molecule has 1 N–H and O–H groups in total. The zero-order valence-corrected chi connectivity index (χ0v) is 17.7. The van der Waals surface area contributed by atoms with Crippen LogP contribution in [0, 0.1) is 11.8 Å². The van der Waals surface area contributed by atoms with Gasteiger partial charge in [0.25, 0.3) is 5.91 Å². The molecule has 2 aliphatic heterocycles. The van der Waals surface area contributed by atoms with E-state index in [0.29, 0.717) is 24.2 Å². The second-order valence-electron chi connectivity index (χ2n) is 8.67. The van der Waals surface area contributed by atoms with Crippen LogP contribution in [0.2, 0.25) is 0 Å². The monoisotopic (exact) mass is 414 g/mol. The maximum absolute atomic E-state index is 13.2. The first-order chi connectivity index (χ1) is 14.7. The summed E-state index contributed by atoms with van der Waals surface area (Å²) in [5.41, 5.74) is 1.31. The zero-order valence-electron chi connectivity index (χ0n) is 17.7. The molecule has 0 bridgehead atoms. The van der Waals surface area contributed by atoms with Crippen molar-refractivity contribution in [3.8, 4) is 0 Å². The number of hydrogen-bond acceptors (Lipinski definition) is 5. The van der Waals surface area contributed by atoms with Crippen LogP contribution in [-0.2, 0) is 20.8 Å². The van der Waals surface area contributed by atoms with Crippen molar-refractivity contribution in [2.75, 3.05) is 39.4 Å². The molecule has 0 spiro atoms. The van der Waals surface area contributed by atoms with Gasteiger partial charge in [-0.05, 0) is 49.2 Å². The molecule has 30 heavy (non-hydrogen) atoms. The van der Waals surface area contributed by atoms with Crippen LogP contribution in [0.1, 0.15) is 37.7 Å². The summed E-state index contributed by atoms with van der Waals surface area (Å²) in [6, 6.07) is 10.5. The number of unbranched alkanes of at least 4 members (excludes halogenated alkanes) is 1. The van der Waals surface area contributed by atoms with Gasteiger partial charge in [-0.3, -0.25) is 9.69 Å². The molecule has 1 saturated carbocycles. The molecular weight excluding hydrogens is 380 g/mol. The average Bonchev–Trinajstić information content (AvgIpc) is 3.63. The highest BCUT2D eigenvalue weighted by atomic mass is 16.7. The van der Waals surface area contributed by atoms with Gasteiger partial charge in [-0.1, -0.05) is 30.3 Å². The van der Waals surface area contributed by atoms with Gasteiger partial charge < -0.3 is 19.5 Å². The molecular formula is C24H34N2O4. The Bertz CT molecular complexity index is 711. The van der Waals surface area contributed by atoms with Gasteiger partial charge in [0.1, 0.15) is 0 Å². The van der Waals surface area contributed by atoms with Gasteiger partial charge in [-0.2, -0.15) is 0 Å². The van der Waals surface area contributed by atoms with Gasteiger partial charge in [0.2, 0.25) is 6.29 Å². The van der Waals surface area contributed by atoms with Crippen molar-refractivity contribution in [2.24, 2.45) is 11.8 Å². The number of carbonyl (C=O) groups excluding carboxylic acids is 1. The minimum atomic E-state index is -0.349. The molecule has 6 heteroatoms. The largest absolute Gasteiger partial charge is 0.459 e. The molecule has 2 atom stereocenters. The third-order valence-corrected chi connectivity index (χ3v) is 6.29. The third kappa shape index (κ3) is 5.84. The molecule has 0 aromatic heterocycles. The van der Waals surface area contributed by atoms with Crippen LogP contribution in [0.15, 0.2) is 42.2 Å². The standard InChI is InChI=1S/C24H34N2O4/c27-14-4-5-15-29-23-17-21(20-8-9-20)16-22(30-23)24(28)26-12-10-25(11-13-26)18-19-6-2-1-3-7-19/h1-3,6-7,16,20-21,23,27H,4-5,8-15,17-18H2/t21-,23+/m0/s1. The van der Waals surface area contributed by atoms with Crippen molar-refractivity contribution in [1.82, 2.24) is 9.80 Å². The summed E-state index contributed by atoms with van der Waals surface area (Å²) in [4.78, 5) is 17.5. The number of amides is 1. The van der Waals surface area contributed by atoms with Crippen molar-refractivity contribution in [1.29, 1.82) is 0 Å². The van der Waals surface area contributed by atoms with Gasteiger partial charge in [0.15, 0.2) is 5.76 Å². The lowest BCUT2D eigenvalue weighted by atomic mass is 9.96. The first kappa shape index (κ1) is 21.3. The number of allylic oxidation sites excluding steroid dienone is 1. The van der Waals surface area contributed by atoms with E-state index in [-0.39, 0.29) is 18.8 Å². The molecule has 6 nitrogen and oxygen atoms in total. The van der Waals surface area contributed by atoms with Crippen molar-refractivity contribution >= 4 is 5.91 Å². The summed E-state index contributed by atoms with van der Waals surface area (Å²) in [5, 5.41) is 8.94. The summed E-state index contributed by atoms with van der Waals surface area (Å²) >= 11 is 0. The number of aliphatic hydroxyl groups excluding tert-OH is 1. The highest BCUT2D eigenvalue weighted by Crippen LogP contribution is 2.43. The SMILES string of the molecule is O=C(C1=C[C@H](C2CC2)C[C@H](OCCCCO)O1)N1CCN(Cc2ccccc2)CC1. The zero-order chi connectivity index (χ0) is 20.8. The van der Waals surface area contributed by atoms with Gasteiger partial charge >= 0.3 is 0 Å². The highest BCUT2D eigenvalue weighted by Gasteiger charge is 2.38. The van der Waals surface area contributed by atoms with Crippen LogP contribution in [0.25, 0.3) is 0 Å². The normalized spacial score (nSPS) is 25.0. The van der Waals surface area contributed by atoms with Gasteiger partial charge in [-0.15, -0.1) is 0 Å². The fraction of sp³-hybridized carbons (Fsp3) is 0.625. The summed E-state index contributed by atoms with van der Waals surface area (Å²) < 4.78 is 11.9. The van der Waals surface area contributed by atoms with Gasteiger partial charge in [-0.25, -0.2) is 0 Å². The maximum atomic E-state index is 13.2. The van der Waals surface area contributed by atoms with Crippen LogP contribution in [0.4, 0.5) is 0 Å². The highest BCUT2D eigenvalue weighted by molar-refractivity contribution is 5.91. The predicted octanol–water partition coefficient (Wildman–Crippen LogP) is 2.78. The van der Waals surface area contributed by atoms with E-state index in [2.05, 4.69) is 35.2 Å². The summed E-state index contributed by atoms with van der Waals surface area (Å²) in [6.07, 6.45) is 6.54. The molecule has 1 amide bonds. The van der Waals surface area contributed by atoms with Crippen molar-refractivity contribution in [2.45, 2.75) is 44.9 Å². The molecule has 3 aliphatic rings. The molecule has 4 rings (SSSR count). The Kier molecular flexibility index (Phi) is 7.42. The molecule has 0 radical (unpaired) electrons. The molecule has 1 aliphatic carbocycles. The Balaban J connectivity index is 1.30. The number of carbonyl (C=O) groups is 1. The van der Waals surface area contributed by atoms with Gasteiger partial charge in [0.05, 0.1) is 6.61 Å². The molecule has 0 unspecified atom stereocenters. The maximum Gasteiger partial charge on any atom is 0.288 e. The topological polar surface area (TPSA) is 62.2 Å².